The maximum atomic E-state index is 11.6. The molecule has 0 aromatic carbocycles. The van der Waals surface area contributed by atoms with Crippen LogP contribution in [0, 0.1) is 10.8 Å². The zero-order valence-electron chi connectivity index (χ0n) is 8.34. The van der Waals surface area contributed by atoms with E-state index in [1.807, 2.05) is 0 Å². The molecule has 4 heteroatoms. The molecule has 0 aliphatic heterocycles. The average molecular weight is 185 g/mol. The van der Waals surface area contributed by atoms with Crippen LogP contribution in [0.1, 0.15) is 27.7 Å². The normalized spacial score (nSPS) is 25.1. The fourth-order valence-electron chi connectivity index (χ4n) is 2.40. The molecule has 4 nitrogen and oxygen atoms in total. The van der Waals surface area contributed by atoms with Crippen LogP contribution in [0.15, 0.2) is 0 Å². The molecular formula is C9H15NO3. The lowest BCUT2D eigenvalue weighted by Gasteiger charge is -2.54. The summed E-state index contributed by atoms with van der Waals surface area (Å²) in [6, 6.07) is -0.287. The van der Waals surface area contributed by atoms with E-state index >= 15 is 0 Å². The van der Waals surface area contributed by atoms with Crippen molar-refractivity contribution in [3.63, 3.8) is 0 Å². The highest BCUT2D eigenvalue weighted by Crippen LogP contribution is 2.49. The van der Waals surface area contributed by atoms with Crippen LogP contribution in [0.2, 0.25) is 0 Å². The number of amides is 1. The fraction of sp³-hybridized carbons (Fsp3) is 0.778. The number of carbonyl (C=O) groups excluding carboxylic acids is 1. The van der Waals surface area contributed by atoms with Gasteiger partial charge < -0.3 is 10.4 Å². The Balaban J connectivity index is 2.85. The lowest BCUT2D eigenvalue weighted by Crippen LogP contribution is -2.70. The summed E-state index contributed by atoms with van der Waals surface area (Å²) in [5, 5.41) is 11.0. The highest BCUT2D eigenvalue weighted by Gasteiger charge is 2.62. The Kier molecular flexibility index (Phi) is 1.90. The van der Waals surface area contributed by atoms with Gasteiger partial charge in [0.2, 0.25) is 0 Å². The molecule has 0 spiro atoms. The Labute approximate surface area is 77.3 Å². The average Bonchev–Trinajstić information content (AvgIpc) is 1.98. The molecule has 0 aromatic heterocycles. The number of carbonyl (C=O) groups is 2. The molecular weight excluding hydrogens is 170 g/mol. The van der Waals surface area contributed by atoms with E-state index in [1.54, 1.807) is 27.7 Å². The Morgan fingerprint density at radius 2 is 1.69 bits per heavy atom. The van der Waals surface area contributed by atoms with Gasteiger partial charge in [-0.05, 0) is 0 Å². The lowest BCUT2D eigenvalue weighted by molar-refractivity contribution is -0.157. The number of hydrogen-bond donors (Lipinski definition) is 2. The van der Waals surface area contributed by atoms with E-state index in [0.29, 0.717) is 0 Å². The van der Waals surface area contributed by atoms with Crippen LogP contribution in [0.4, 0.5) is 4.79 Å². The summed E-state index contributed by atoms with van der Waals surface area (Å²) in [7, 11) is 0. The zero-order chi connectivity index (χ0) is 10.4. The van der Waals surface area contributed by atoms with E-state index in [2.05, 4.69) is 5.32 Å². The molecule has 0 unspecified atom stereocenters. The van der Waals surface area contributed by atoms with Gasteiger partial charge in [0.05, 0.1) is 6.04 Å². The smallest absolute Gasteiger partial charge is 0.404 e. The van der Waals surface area contributed by atoms with Crippen LogP contribution in [-0.4, -0.2) is 23.0 Å². The quantitative estimate of drug-likeness (QED) is 0.646. The molecule has 2 N–H and O–H groups in total. The van der Waals surface area contributed by atoms with Gasteiger partial charge in [0, 0.05) is 10.8 Å². The number of Topliss-reactive ketones (excluding diaryl/α,β-unsaturated/α-hetero) is 1. The zero-order valence-corrected chi connectivity index (χ0v) is 8.34. The minimum atomic E-state index is -1.07. The van der Waals surface area contributed by atoms with Gasteiger partial charge in [-0.15, -0.1) is 0 Å². The van der Waals surface area contributed by atoms with Crippen molar-refractivity contribution in [1.29, 1.82) is 0 Å². The Morgan fingerprint density at radius 3 is 2.00 bits per heavy atom. The van der Waals surface area contributed by atoms with Gasteiger partial charge in [0.1, 0.15) is 5.78 Å². The Hall–Kier alpha value is -1.06. The number of carboxylic acid groups (broad SMARTS) is 1. The van der Waals surface area contributed by atoms with Crippen LogP contribution in [-0.2, 0) is 4.79 Å². The fourth-order valence-corrected chi connectivity index (χ4v) is 2.40. The molecule has 13 heavy (non-hydrogen) atoms. The second-order valence-corrected chi connectivity index (χ2v) is 4.66. The van der Waals surface area contributed by atoms with Gasteiger partial charge in [-0.1, -0.05) is 27.7 Å². The summed E-state index contributed by atoms with van der Waals surface area (Å²) < 4.78 is 0. The third-order valence-corrected chi connectivity index (χ3v) is 2.88. The van der Waals surface area contributed by atoms with Crippen LogP contribution in [0.3, 0.4) is 0 Å². The summed E-state index contributed by atoms with van der Waals surface area (Å²) in [6.07, 6.45) is -1.07. The van der Waals surface area contributed by atoms with E-state index < -0.39 is 16.9 Å². The first-order valence-corrected chi connectivity index (χ1v) is 4.25. The standard InChI is InChI=1S/C9H15NO3/c1-8(2)5(10-7(12)13)9(3,4)6(8)11/h5,10H,1-4H3,(H,12,13). The molecule has 1 fully saturated rings. The summed E-state index contributed by atoms with van der Waals surface area (Å²) in [6.45, 7) is 7.06. The van der Waals surface area contributed by atoms with E-state index in [-0.39, 0.29) is 11.8 Å². The van der Waals surface area contributed by atoms with Gasteiger partial charge in [-0.3, -0.25) is 4.79 Å². The number of rotatable bonds is 1. The van der Waals surface area contributed by atoms with Crippen LogP contribution in [0.5, 0.6) is 0 Å². The first-order valence-electron chi connectivity index (χ1n) is 4.25. The maximum absolute atomic E-state index is 11.6. The maximum Gasteiger partial charge on any atom is 0.404 e. The van der Waals surface area contributed by atoms with E-state index in [1.165, 1.54) is 0 Å². The number of hydrogen-bond acceptors (Lipinski definition) is 2. The van der Waals surface area contributed by atoms with E-state index in [9.17, 15) is 9.59 Å². The van der Waals surface area contributed by atoms with Crippen molar-refractivity contribution < 1.29 is 14.7 Å². The third-order valence-electron chi connectivity index (χ3n) is 2.88. The predicted octanol–water partition coefficient (Wildman–Crippen LogP) is 1.26. The van der Waals surface area contributed by atoms with Crippen molar-refractivity contribution in [3.05, 3.63) is 0 Å². The molecule has 0 saturated heterocycles. The van der Waals surface area contributed by atoms with Gasteiger partial charge in [0.25, 0.3) is 0 Å². The van der Waals surface area contributed by atoms with Crippen LogP contribution < -0.4 is 5.32 Å². The van der Waals surface area contributed by atoms with Gasteiger partial charge in [-0.2, -0.15) is 0 Å². The number of nitrogens with one attached hydrogen (secondary N) is 1. The minimum absolute atomic E-state index is 0.110. The largest absolute Gasteiger partial charge is 0.465 e. The molecule has 0 bridgehead atoms. The summed E-state index contributed by atoms with van der Waals surface area (Å²) in [5.41, 5.74) is -1.14. The minimum Gasteiger partial charge on any atom is -0.465 e. The molecule has 1 saturated carbocycles. The summed E-state index contributed by atoms with van der Waals surface area (Å²) >= 11 is 0. The first-order chi connectivity index (χ1) is 5.70. The molecule has 0 heterocycles. The Bertz CT molecular complexity index is 250. The first kappa shape index (κ1) is 10.0. The highest BCUT2D eigenvalue weighted by atomic mass is 16.4. The molecule has 1 rings (SSSR count). The molecule has 0 radical (unpaired) electrons. The molecule has 0 atom stereocenters. The second-order valence-electron chi connectivity index (χ2n) is 4.66. The summed E-state index contributed by atoms with van der Waals surface area (Å²) in [4.78, 5) is 22.0. The second kappa shape index (κ2) is 2.47. The van der Waals surface area contributed by atoms with Crippen molar-refractivity contribution >= 4 is 11.9 Å². The predicted molar refractivity (Wildman–Crippen MR) is 47.5 cm³/mol. The van der Waals surface area contributed by atoms with Crippen molar-refractivity contribution in [3.8, 4) is 0 Å². The van der Waals surface area contributed by atoms with Crippen molar-refractivity contribution in [2.45, 2.75) is 33.7 Å². The molecule has 74 valence electrons. The highest BCUT2D eigenvalue weighted by molar-refractivity contribution is 5.98. The third kappa shape index (κ3) is 1.20. The summed E-state index contributed by atoms with van der Waals surface area (Å²) in [5.74, 6) is 0.110. The topological polar surface area (TPSA) is 66.4 Å². The van der Waals surface area contributed by atoms with Crippen molar-refractivity contribution in [2.24, 2.45) is 10.8 Å². The lowest BCUT2D eigenvalue weighted by atomic mass is 9.51. The van der Waals surface area contributed by atoms with Crippen molar-refractivity contribution in [1.82, 2.24) is 5.32 Å². The molecule has 0 aromatic rings. The van der Waals surface area contributed by atoms with Crippen molar-refractivity contribution in [2.75, 3.05) is 0 Å². The molecule has 1 aliphatic carbocycles. The Morgan fingerprint density at radius 1 is 1.31 bits per heavy atom. The SMILES string of the molecule is CC1(C)C(=O)C(C)(C)C1NC(=O)O. The van der Waals surface area contributed by atoms with Gasteiger partial charge in [-0.25, -0.2) is 4.79 Å². The monoisotopic (exact) mass is 185 g/mol. The van der Waals surface area contributed by atoms with Gasteiger partial charge >= 0.3 is 6.09 Å². The molecule has 1 amide bonds. The van der Waals surface area contributed by atoms with Crippen LogP contribution in [0.25, 0.3) is 0 Å². The number of ketones is 1. The van der Waals surface area contributed by atoms with E-state index in [4.69, 9.17) is 5.11 Å². The van der Waals surface area contributed by atoms with E-state index in [0.717, 1.165) is 0 Å². The molecule has 1 aliphatic rings. The van der Waals surface area contributed by atoms with Gasteiger partial charge in [0.15, 0.2) is 0 Å². The van der Waals surface area contributed by atoms with Crippen LogP contribution >= 0.6 is 0 Å².